The Bertz CT molecular complexity index is 656. The number of imidazole rings is 1. The van der Waals surface area contributed by atoms with Gasteiger partial charge in [0, 0.05) is 28.9 Å². The van der Waals surface area contributed by atoms with Gasteiger partial charge in [-0.15, -0.1) is 0 Å². The summed E-state index contributed by atoms with van der Waals surface area (Å²) in [7, 11) is 0. The van der Waals surface area contributed by atoms with E-state index in [0.29, 0.717) is 26.0 Å². The van der Waals surface area contributed by atoms with Crippen molar-refractivity contribution in [1.29, 1.82) is 0 Å². The third-order valence-corrected chi connectivity index (χ3v) is 3.59. The number of unbranched alkanes of at least 4 members (excludes halogenated alkanes) is 1. The summed E-state index contributed by atoms with van der Waals surface area (Å²) in [5.41, 5.74) is 1.74. The first-order chi connectivity index (χ1) is 11.1. The Morgan fingerprint density at radius 2 is 2.26 bits per heavy atom. The third kappa shape index (κ3) is 6.23. The van der Waals surface area contributed by atoms with E-state index in [9.17, 15) is 4.79 Å². The molecule has 0 aliphatic rings. The van der Waals surface area contributed by atoms with E-state index in [1.807, 2.05) is 35.0 Å². The topological polar surface area (TPSA) is 76.7 Å². The van der Waals surface area contributed by atoms with Crippen molar-refractivity contribution >= 4 is 27.6 Å². The number of nitrogens with zero attached hydrogens (tertiary/aromatic N) is 3. The molecule has 0 amide bonds. The molecule has 2 rings (SSSR count). The van der Waals surface area contributed by atoms with Crippen LogP contribution in [0.3, 0.4) is 0 Å². The number of carboxylic acids is 1. The minimum atomic E-state index is -0.788. The predicted octanol–water partition coefficient (Wildman–Crippen LogP) is 3.32. The first kappa shape index (κ1) is 17.2. The van der Waals surface area contributed by atoms with Crippen LogP contribution in [0.15, 0.2) is 52.6 Å². The van der Waals surface area contributed by atoms with Gasteiger partial charge in [0.25, 0.3) is 0 Å². The summed E-state index contributed by atoms with van der Waals surface area (Å²) in [6.45, 7) is 0.945. The minimum Gasteiger partial charge on any atom is -0.481 e. The molecule has 1 N–H and O–H groups in total. The highest BCUT2D eigenvalue weighted by atomic mass is 79.9. The number of carbonyl (C=O) groups is 1. The van der Waals surface area contributed by atoms with Gasteiger partial charge >= 0.3 is 5.97 Å². The lowest BCUT2D eigenvalue weighted by Gasteiger charge is -2.08. The molecule has 0 aliphatic carbocycles. The first-order valence-corrected chi connectivity index (χ1v) is 8.07. The van der Waals surface area contributed by atoms with Gasteiger partial charge in [-0.05, 0) is 25.0 Å². The van der Waals surface area contributed by atoms with Crippen molar-refractivity contribution in [1.82, 2.24) is 9.55 Å². The highest BCUT2D eigenvalue weighted by Crippen LogP contribution is 2.14. The molecule has 23 heavy (non-hydrogen) atoms. The Morgan fingerprint density at radius 1 is 1.39 bits per heavy atom. The Hall–Kier alpha value is -2.15. The maximum Gasteiger partial charge on any atom is 0.303 e. The van der Waals surface area contributed by atoms with Crippen LogP contribution in [-0.4, -0.2) is 32.9 Å². The van der Waals surface area contributed by atoms with Crippen LogP contribution in [0.25, 0.3) is 0 Å². The Labute approximate surface area is 142 Å². The zero-order valence-corrected chi connectivity index (χ0v) is 14.1. The van der Waals surface area contributed by atoms with Gasteiger partial charge in [-0.25, -0.2) is 4.98 Å². The fraction of sp³-hybridized carbons (Fsp3) is 0.312. The van der Waals surface area contributed by atoms with E-state index in [-0.39, 0.29) is 6.42 Å². The summed E-state index contributed by atoms with van der Waals surface area (Å²) in [6, 6.07) is 7.83. The van der Waals surface area contributed by atoms with E-state index < -0.39 is 5.97 Å². The molecule has 0 atom stereocenters. The molecule has 0 bridgehead atoms. The van der Waals surface area contributed by atoms with E-state index in [1.165, 1.54) is 0 Å². The van der Waals surface area contributed by atoms with Gasteiger partial charge in [0.05, 0.1) is 12.9 Å². The average molecular weight is 380 g/mol. The molecule has 1 aromatic carbocycles. The van der Waals surface area contributed by atoms with Crippen LogP contribution in [0, 0.1) is 0 Å². The van der Waals surface area contributed by atoms with Crippen LogP contribution < -0.4 is 0 Å². The predicted molar refractivity (Wildman–Crippen MR) is 90.3 cm³/mol. The summed E-state index contributed by atoms with van der Waals surface area (Å²) in [6.07, 6.45) is 6.69. The van der Waals surface area contributed by atoms with Crippen molar-refractivity contribution in [2.45, 2.75) is 25.8 Å². The van der Waals surface area contributed by atoms with Gasteiger partial charge in [-0.1, -0.05) is 33.2 Å². The lowest BCUT2D eigenvalue weighted by molar-refractivity contribution is -0.137. The second kappa shape index (κ2) is 9.09. The molecule has 0 aliphatic heterocycles. The molecule has 0 unspecified atom stereocenters. The fourth-order valence-electron chi connectivity index (χ4n) is 1.96. The van der Waals surface area contributed by atoms with Crippen LogP contribution in [0.4, 0.5) is 0 Å². The number of rotatable bonds is 9. The lowest BCUT2D eigenvalue weighted by atomic mass is 10.1. The van der Waals surface area contributed by atoms with Gasteiger partial charge in [0.15, 0.2) is 0 Å². The maximum absolute atomic E-state index is 10.5. The van der Waals surface area contributed by atoms with Crippen molar-refractivity contribution in [2.75, 3.05) is 6.61 Å². The van der Waals surface area contributed by atoms with Crippen LogP contribution in [-0.2, 0) is 16.2 Å². The molecular weight excluding hydrogens is 362 g/mol. The van der Waals surface area contributed by atoms with E-state index >= 15 is 0 Å². The summed E-state index contributed by atoms with van der Waals surface area (Å²) in [4.78, 5) is 19.8. The molecule has 0 fully saturated rings. The number of aromatic nitrogens is 2. The van der Waals surface area contributed by atoms with E-state index in [4.69, 9.17) is 9.94 Å². The zero-order valence-electron chi connectivity index (χ0n) is 12.6. The SMILES string of the molecule is O=C(O)CCCCO/N=C(\Cn1ccnc1)c1cccc(Br)c1. The van der Waals surface area contributed by atoms with Crippen molar-refractivity contribution in [3.05, 3.63) is 53.0 Å². The number of hydrogen-bond acceptors (Lipinski definition) is 4. The Kier molecular flexibility index (Phi) is 6.80. The Morgan fingerprint density at radius 3 is 2.96 bits per heavy atom. The fourth-order valence-corrected chi connectivity index (χ4v) is 2.36. The number of hydrogen-bond donors (Lipinski definition) is 1. The molecule has 2 aromatic rings. The summed E-state index contributed by atoms with van der Waals surface area (Å²) < 4.78 is 2.88. The molecule has 0 saturated carbocycles. The molecule has 1 heterocycles. The second-order valence-corrected chi connectivity index (χ2v) is 5.88. The summed E-state index contributed by atoms with van der Waals surface area (Å²) >= 11 is 3.45. The zero-order chi connectivity index (χ0) is 16.5. The van der Waals surface area contributed by atoms with Crippen molar-refractivity contribution < 1.29 is 14.7 Å². The quantitative estimate of drug-likeness (QED) is 0.411. The molecule has 122 valence electrons. The van der Waals surface area contributed by atoms with Crippen molar-refractivity contribution in [2.24, 2.45) is 5.16 Å². The smallest absolute Gasteiger partial charge is 0.303 e. The molecule has 0 radical (unpaired) electrons. The number of oxime groups is 1. The van der Waals surface area contributed by atoms with Gasteiger partial charge in [0.1, 0.15) is 12.3 Å². The number of halogens is 1. The summed E-state index contributed by atoms with van der Waals surface area (Å²) in [5.74, 6) is -0.788. The van der Waals surface area contributed by atoms with Crippen LogP contribution in [0.2, 0.25) is 0 Å². The van der Waals surface area contributed by atoms with Gasteiger partial charge < -0.3 is 14.5 Å². The molecular formula is C16H18BrN3O3. The van der Waals surface area contributed by atoms with Crippen LogP contribution in [0.5, 0.6) is 0 Å². The van der Waals surface area contributed by atoms with Crippen LogP contribution in [0.1, 0.15) is 24.8 Å². The van der Waals surface area contributed by atoms with E-state index in [2.05, 4.69) is 26.1 Å². The second-order valence-electron chi connectivity index (χ2n) is 4.97. The average Bonchev–Trinajstić information content (AvgIpc) is 3.02. The van der Waals surface area contributed by atoms with Gasteiger partial charge in [0.2, 0.25) is 0 Å². The summed E-state index contributed by atoms with van der Waals surface area (Å²) in [5, 5.41) is 12.8. The molecule has 0 saturated heterocycles. The third-order valence-electron chi connectivity index (χ3n) is 3.10. The van der Waals surface area contributed by atoms with E-state index in [0.717, 1.165) is 15.7 Å². The number of benzene rings is 1. The normalized spacial score (nSPS) is 11.4. The maximum atomic E-state index is 10.5. The van der Waals surface area contributed by atoms with Crippen LogP contribution >= 0.6 is 15.9 Å². The number of carboxylic acid groups (broad SMARTS) is 1. The van der Waals surface area contributed by atoms with Crippen molar-refractivity contribution in [3.8, 4) is 0 Å². The van der Waals surface area contributed by atoms with E-state index in [1.54, 1.807) is 12.5 Å². The molecule has 7 heteroatoms. The molecule has 0 spiro atoms. The monoisotopic (exact) mass is 379 g/mol. The number of aliphatic carboxylic acids is 1. The molecule has 6 nitrogen and oxygen atoms in total. The first-order valence-electron chi connectivity index (χ1n) is 7.27. The van der Waals surface area contributed by atoms with Crippen molar-refractivity contribution in [3.63, 3.8) is 0 Å². The molecule has 1 aromatic heterocycles. The van der Waals surface area contributed by atoms with Gasteiger partial charge in [-0.2, -0.15) is 0 Å². The minimum absolute atomic E-state index is 0.153. The van der Waals surface area contributed by atoms with Gasteiger partial charge in [-0.3, -0.25) is 4.79 Å². The largest absolute Gasteiger partial charge is 0.481 e. The Balaban J connectivity index is 1.98. The highest BCUT2D eigenvalue weighted by molar-refractivity contribution is 9.10. The standard InChI is InChI=1S/C16H18BrN3O3/c17-14-5-3-4-13(10-14)15(11-20-8-7-18-12-20)19-23-9-2-1-6-16(21)22/h3-5,7-8,10,12H,1-2,6,9,11H2,(H,21,22)/b19-15+. The lowest BCUT2D eigenvalue weighted by Crippen LogP contribution is -2.11. The highest BCUT2D eigenvalue weighted by Gasteiger charge is 2.07.